The molecule has 0 fully saturated rings. The van der Waals surface area contributed by atoms with Crippen molar-refractivity contribution in [1.82, 2.24) is 9.97 Å². The highest BCUT2D eigenvalue weighted by Crippen LogP contribution is 2.34. The van der Waals surface area contributed by atoms with Crippen molar-refractivity contribution in [3.05, 3.63) is 16.3 Å². The number of nitrogens with zero attached hydrogens (tertiary/aromatic N) is 2. The summed E-state index contributed by atoms with van der Waals surface area (Å²) in [7, 11) is 0. The Hall–Kier alpha value is -2.22. The summed E-state index contributed by atoms with van der Waals surface area (Å²) in [6.45, 7) is 7.06. The molecule has 118 valence electrons. The monoisotopic (exact) mass is 323 g/mol. The van der Waals surface area contributed by atoms with Gasteiger partial charge in [0.05, 0.1) is 12.0 Å². The van der Waals surface area contributed by atoms with Crippen molar-refractivity contribution < 1.29 is 19.4 Å². The van der Waals surface area contributed by atoms with Gasteiger partial charge in [-0.15, -0.1) is 11.3 Å². The molecule has 2 N–H and O–H groups in total. The number of hydrogen-bond acceptors (Lipinski definition) is 7. The first-order valence-electron chi connectivity index (χ1n) is 6.79. The first-order chi connectivity index (χ1) is 10.3. The number of ether oxygens (including phenoxy) is 1. The van der Waals surface area contributed by atoms with Gasteiger partial charge >= 0.3 is 11.9 Å². The normalized spacial score (nSPS) is 12.2. The van der Waals surface area contributed by atoms with Crippen LogP contribution >= 0.6 is 11.3 Å². The van der Waals surface area contributed by atoms with Crippen LogP contribution in [0.2, 0.25) is 0 Å². The molecule has 0 bridgehead atoms. The molecule has 0 saturated heterocycles. The number of carbonyl (C=O) groups is 2. The Morgan fingerprint density at radius 3 is 2.64 bits per heavy atom. The lowest BCUT2D eigenvalue weighted by molar-refractivity contribution is -0.137. The molecule has 8 heteroatoms. The summed E-state index contributed by atoms with van der Waals surface area (Å²) in [5, 5.41) is 12.6. The van der Waals surface area contributed by atoms with Crippen molar-refractivity contribution in [3.8, 4) is 0 Å². The van der Waals surface area contributed by atoms with Gasteiger partial charge in [-0.05, 0) is 33.3 Å². The number of rotatable bonds is 5. The predicted molar refractivity (Wildman–Crippen MR) is 83.6 cm³/mol. The fourth-order valence-corrected chi connectivity index (χ4v) is 3.13. The number of nitrogens with one attached hydrogen (secondary N) is 1. The molecule has 2 aromatic rings. The summed E-state index contributed by atoms with van der Waals surface area (Å²) in [6, 6.07) is -0.803. The number of carbonyl (C=O) groups excluding carboxylic acids is 1. The lowest BCUT2D eigenvalue weighted by Crippen LogP contribution is -2.26. The second kappa shape index (κ2) is 6.27. The number of hydrogen-bond donors (Lipinski definition) is 2. The molecule has 0 saturated carbocycles. The molecular formula is C14H17N3O4S. The highest BCUT2D eigenvalue weighted by atomic mass is 32.1. The highest BCUT2D eigenvalue weighted by Gasteiger charge is 2.22. The fourth-order valence-electron chi connectivity index (χ4n) is 2.01. The van der Waals surface area contributed by atoms with Crippen LogP contribution in [0.4, 0.5) is 5.82 Å². The third-order valence-electron chi connectivity index (χ3n) is 3.09. The van der Waals surface area contributed by atoms with Gasteiger partial charge in [-0.3, -0.25) is 4.79 Å². The van der Waals surface area contributed by atoms with Crippen LogP contribution in [0.3, 0.4) is 0 Å². The van der Waals surface area contributed by atoms with Crippen molar-refractivity contribution in [3.63, 3.8) is 0 Å². The van der Waals surface area contributed by atoms with Crippen LogP contribution in [0.25, 0.3) is 10.2 Å². The Kier molecular flexibility index (Phi) is 4.60. The van der Waals surface area contributed by atoms with E-state index in [0.717, 1.165) is 0 Å². The van der Waals surface area contributed by atoms with Crippen LogP contribution in [0, 0.1) is 13.8 Å². The molecule has 2 rings (SSSR count). The molecule has 0 unspecified atom stereocenters. The van der Waals surface area contributed by atoms with Gasteiger partial charge in [0.1, 0.15) is 27.4 Å². The predicted octanol–water partition coefficient (Wildman–Crippen LogP) is 2.37. The van der Waals surface area contributed by atoms with E-state index in [1.54, 1.807) is 20.8 Å². The Bertz CT molecular complexity index is 741. The smallest absolute Gasteiger partial charge is 0.348 e. The van der Waals surface area contributed by atoms with Crippen LogP contribution in [-0.4, -0.2) is 39.7 Å². The lowest BCUT2D eigenvalue weighted by atomic mass is 10.2. The number of aryl methyl sites for hydroxylation is 2. The van der Waals surface area contributed by atoms with Crippen molar-refractivity contribution >= 4 is 39.3 Å². The Morgan fingerprint density at radius 2 is 2.05 bits per heavy atom. The number of fused-ring (bicyclic) bond motifs is 1. The maximum absolute atomic E-state index is 12.0. The fraction of sp³-hybridized carbons (Fsp3) is 0.429. The molecule has 2 aromatic heterocycles. The minimum atomic E-state index is -0.983. The zero-order chi connectivity index (χ0) is 16.4. The highest BCUT2D eigenvalue weighted by molar-refractivity contribution is 7.20. The van der Waals surface area contributed by atoms with Crippen LogP contribution in [0.15, 0.2) is 0 Å². The van der Waals surface area contributed by atoms with Gasteiger partial charge in [0, 0.05) is 0 Å². The van der Waals surface area contributed by atoms with Gasteiger partial charge in [0.25, 0.3) is 0 Å². The zero-order valence-corrected chi connectivity index (χ0v) is 13.6. The zero-order valence-electron chi connectivity index (χ0n) is 12.8. The van der Waals surface area contributed by atoms with Gasteiger partial charge in [0.2, 0.25) is 0 Å². The van der Waals surface area contributed by atoms with Gasteiger partial charge in [-0.2, -0.15) is 0 Å². The number of aliphatic carboxylic acids is 1. The molecule has 22 heavy (non-hydrogen) atoms. The molecule has 0 aliphatic rings. The van der Waals surface area contributed by atoms with Crippen LogP contribution < -0.4 is 5.32 Å². The number of esters is 1. The maximum atomic E-state index is 12.0. The van der Waals surface area contributed by atoms with Crippen molar-refractivity contribution in [2.24, 2.45) is 0 Å². The van der Waals surface area contributed by atoms with E-state index in [4.69, 9.17) is 9.84 Å². The number of carboxylic acids is 1. The van der Waals surface area contributed by atoms with Crippen molar-refractivity contribution in [2.75, 3.05) is 11.9 Å². The van der Waals surface area contributed by atoms with E-state index < -0.39 is 18.0 Å². The van der Waals surface area contributed by atoms with Gasteiger partial charge in [0.15, 0.2) is 0 Å². The first-order valence-corrected chi connectivity index (χ1v) is 7.61. The van der Waals surface area contributed by atoms with E-state index in [-0.39, 0.29) is 0 Å². The van der Waals surface area contributed by atoms with Crippen molar-refractivity contribution in [1.29, 1.82) is 0 Å². The van der Waals surface area contributed by atoms with E-state index >= 15 is 0 Å². The molecule has 0 aliphatic heterocycles. The van der Waals surface area contributed by atoms with Gasteiger partial charge < -0.3 is 15.2 Å². The molecule has 0 radical (unpaired) electrons. The largest absolute Gasteiger partial charge is 0.480 e. The van der Waals surface area contributed by atoms with E-state index in [1.807, 2.05) is 0 Å². The van der Waals surface area contributed by atoms with E-state index in [1.165, 1.54) is 18.3 Å². The Morgan fingerprint density at radius 1 is 1.36 bits per heavy atom. The summed E-state index contributed by atoms with van der Waals surface area (Å²) in [6.07, 6.45) is 0. The second-order valence-corrected chi connectivity index (χ2v) is 5.78. The Balaban J connectivity index is 2.57. The number of carboxylic acid groups (broad SMARTS) is 1. The molecule has 1 atom stereocenters. The number of anilines is 1. The third-order valence-corrected chi connectivity index (χ3v) is 4.25. The topological polar surface area (TPSA) is 101 Å². The molecule has 0 amide bonds. The average molecular weight is 323 g/mol. The quantitative estimate of drug-likeness (QED) is 0.814. The minimum absolute atomic E-state index is 0.290. The first kappa shape index (κ1) is 16.2. The lowest BCUT2D eigenvalue weighted by Gasteiger charge is -2.11. The van der Waals surface area contributed by atoms with E-state index in [0.29, 0.717) is 38.9 Å². The summed E-state index contributed by atoms with van der Waals surface area (Å²) < 4.78 is 5.04. The summed E-state index contributed by atoms with van der Waals surface area (Å²) in [5.74, 6) is -0.466. The van der Waals surface area contributed by atoms with Gasteiger partial charge in [-0.25, -0.2) is 14.8 Å². The molecular weight excluding hydrogens is 306 g/mol. The SMILES string of the molecule is CCOC(=O)c1sc2nc(C)nc(N[C@H](C)C(=O)O)c2c1C. The second-order valence-electron chi connectivity index (χ2n) is 4.78. The molecule has 2 heterocycles. The molecule has 7 nitrogen and oxygen atoms in total. The molecule has 0 spiro atoms. The maximum Gasteiger partial charge on any atom is 0.348 e. The van der Waals surface area contributed by atoms with E-state index in [2.05, 4.69) is 15.3 Å². The Labute approximate surface area is 131 Å². The van der Waals surface area contributed by atoms with Gasteiger partial charge in [-0.1, -0.05) is 0 Å². The third kappa shape index (κ3) is 3.01. The summed E-state index contributed by atoms with van der Waals surface area (Å²) in [5.41, 5.74) is 0.693. The van der Waals surface area contributed by atoms with Crippen LogP contribution in [0.5, 0.6) is 0 Å². The molecule has 0 aromatic carbocycles. The van der Waals surface area contributed by atoms with Crippen LogP contribution in [0.1, 0.15) is 34.9 Å². The summed E-state index contributed by atoms with van der Waals surface area (Å²) >= 11 is 1.22. The standard InChI is InChI=1S/C14H17N3O4S/c1-5-21-14(20)10-6(2)9-11(15-7(3)13(18)19)16-8(4)17-12(9)22-10/h7H,5H2,1-4H3,(H,18,19)(H,15,16,17)/t7-/m1/s1. The number of aromatic nitrogens is 2. The summed E-state index contributed by atoms with van der Waals surface area (Å²) in [4.78, 5) is 32.7. The molecule has 0 aliphatic carbocycles. The van der Waals surface area contributed by atoms with Crippen LogP contribution in [-0.2, 0) is 9.53 Å². The van der Waals surface area contributed by atoms with E-state index in [9.17, 15) is 9.59 Å². The minimum Gasteiger partial charge on any atom is -0.480 e. The van der Waals surface area contributed by atoms with Crippen molar-refractivity contribution in [2.45, 2.75) is 33.7 Å². The average Bonchev–Trinajstić information content (AvgIpc) is 2.76. The number of thiophene rings is 1.